The van der Waals surface area contributed by atoms with Crippen LogP contribution >= 0.6 is 11.8 Å². The highest BCUT2D eigenvalue weighted by Gasteiger charge is 2.24. The first-order chi connectivity index (χ1) is 12.7. The van der Waals surface area contributed by atoms with E-state index >= 15 is 0 Å². The van der Waals surface area contributed by atoms with Gasteiger partial charge in [-0.1, -0.05) is 43.2 Å². The monoisotopic (exact) mass is 375 g/mol. The molecule has 8 heteroatoms. The summed E-state index contributed by atoms with van der Waals surface area (Å²) >= 11 is 1.36. The SMILES string of the molecule is CCN(C(=O)CSc1nnnn1-c1ccccc1OC)C1CCCCC1. The summed E-state index contributed by atoms with van der Waals surface area (Å²) in [6.45, 7) is 2.80. The molecular formula is C18H25N5O2S. The Morgan fingerprint density at radius 2 is 2.08 bits per heavy atom. The van der Waals surface area contributed by atoms with Crippen LogP contribution in [0.25, 0.3) is 5.69 Å². The van der Waals surface area contributed by atoms with Crippen LogP contribution in [-0.2, 0) is 4.79 Å². The number of aromatic nitrogens is 4. The maximum atomic E-state index is 12.7. The van der Waals surface area contributed by atoms with E-state index in [4.69, 9.17) is 4.74 Å². The fraction of sp³-hybridized carbons (Fsp3) is 0.556. The molecule has 1 heterocycles. The topological polar surface area (TPSA) is 73.1 Å². The van der Waals surface area contributed by atoms with Crippen molar-refractivity contribution >= 4 is 17.7 Å². The normalized spacial score (nSPS) is 15.0. The third-order valence-corrected chi connectivity index (χ3v) is 5.66. The number of hydrogen-bond donors (Lipinski definition) is 0. The van der Waals surface area contributed by atoms with E-state index < -0.39 is 0 Å². The summed E-state index contributed by atoms with van der Waals surface area (Å²) in [7, 11) is 1.61. The van der Waals surface area contributed by atoms with E-state index in [1.165, 1.54) is 31.0 Å². The van der Waals surface area contributed by atoms with Crippen molar-refractivity contribution in [2.24, 2.45) is 0 Å². The number of benzene rings is 1. The Balaban J connectivity index is 1.68. The molecule has 26 heavy (non-hydrogen) atoms. The molecule has 2 aromatic rings. The van der Waals surface area contributed by atoms with Crippen LogP contribution in [0.3, 0.4) is 0 Å². The predicted molar refractivity (Wildman–Crippen MR) is 101 cm³/mol. The third kappa shape index (κ3) is 4.17. The zero-order valence-corrected chi connectivity index (χ0v) is 16.1. The van der Waals surface area contributed by atoms with E-state index in [0.29, 0.717) is 22.7 Å². The van der Waals surface area contributed by atoms with Gasteiger partial charge in [-0.25, -0.2) is 0 Å². The molecule has 1 aliphatic carbocycles. The van der Waals surface area contributed by atoms with Gasteiger partial charge in [0.25, 0.3) is 0 Å². The maximum Gasteiger partial charge on any atom is 0.233 e. The highest BCUT2D eigenvalue weighted by atomic mass is 32.2. The first-order valence-corrected chi connectivity index (χ1v) is 10.1. The van der Waals surface area contributed by atoms with Crippen LogP contribution in [-0.4, -0.2) is 56.5 Å². The molecule has 0 spiro atoms. The quantitative estimate of drug-likeness (QED) is 0.693. The summed E-state index contributed by atoms with van der Waals surface area (Å²) in [5.41, 5.74) is 0.759. The van der Waals surface area contributed by atoms with Gasteiger partial charge in [0, 0.05) is 12.6 Å². The van der Waals surface area contributed by atoms with Crippen LogP contribution < -0.4 is 4.74 Å². The van der Waals surface area contributed by atoms with E-state index in [9.17, 15) is 4.79 Å². The lowest BCUT2D eigenvalue weighted by Gasteiger charge is -2.33. The van der Waals surface area contributed by atoms with Crippen molar-refractivity contribution in [3.8, 4) is 11.4 Å². The van der Waals surface area contributed by atoms with E-state index in [-0.39, 0.29) is 5.91 Å². The van der Waals surface area contributed by atoms with Crippen LogP contribution in [0.15, 0.2) is 29.4 Å². The van der Waals surface area contributed by atoms with Crippen LogP contribution in [0.2, 0.25) is 0 Å². The Morgan fingerprint density at radius 1 is 1.31 bits per heavy atom. The second kappa shape index (κ2) is 9.02. The molecule has 1 aliphatic rings. The van der Waals surface area contributed by atoms with Crippen LogP contribution in [0.1, 0.15) is 39.0 Å². The molecule has 3 rings (SSSR count). The van der Waals surface area contributed by atoms with Crippen molar-refractivity contribution in [1.29, 1.82) is 0 Å². The minimum absolute atomic E-state index is 0.152. The van der Waals surface area contributed by atoms with E-state index in [1.807, 2.05) is 29.2 Å². The second-order valence-electron chi connectivity index (χ2n) is 6.31. The van der Waals surface area contributed by atoms with Crippen molar-refractivity contribution in [2.45, 2.75) is 50.2 Å². The zero-order valence-electron chi connectivity index (χ0n) is 15.3. The Kier molecular flexibility index (Phi) is 6.49. The number of carbonyl (C=O) groups is 1. The van der Waals surface area contributed by atoms with Gasteiger partial charge in [-0.2, -0.15) is 4.68 Å². The average Bonchev–Trinajstić information content (AvgIpc) is 3.16. The van der Waals surface area contributed by atoms with Gasteiger partial charge in [0.2, 0.25) is 11.1 Å². The van der Waals surface area contributed by atoms with Crippen molar-refractivity contribution in [3.05, 3.63) is 24.3 Å². The van der Waals surface area contributed by atoms with Crippen molar-refractivity contribution in [2.75, 3.05) is 19.4 Å². The lowest BCUT2D eigenvalue weighted by molar-refractivity contribution is -0.131. The smallest absolute Gasteiger partial charge is 0.233 e. The third-order valence-electron chi connectivity index (χ3n) is 4.76. The fourth-order valence-electron chi connectivity index (χ4n) is 3.46. The van der Waals surface area contributed by atoms with Crippen LogP contribution in [0, 0.1) is 0 Å². The summed E-state index contributed by atoms with van der Waals surface area (Å²) in [4.78, 5) is 14.8. The number of methoxy groups -OCH3 is 1. The first kappa shape index (κ1) is 18.7. The molecule has 1 aromatic heterocycles. The summed E-state index contributed by atoms with van der Waals surface area (Å²) in [5.74, 6) is 1.17. The molecule has 1 aromatic carbocycles. The van der Waals surface area contributed by atoms with Crippen molar-refractivity contribution in [3.63, 3.8) is 0 Å². The lowest BCUT2D eigenvalue weighted by atomic mass is 9.94. The number of para-hydroxylation sites is 2. The number of thioether (sulfide) groups is 1. The molecular weight excluding hydrogens is 350 g/mol. The summed E-state index contributed by atoms with van der Waals surface area (Å²) in [6, 6.07) is 7.93. The number of tetrazole rings is 1. The minimum Gasteiger partial charge on any atom is -0.494 e. The number of amides is 1. The lowest BCUT2D eigenvalue weighted by Crippen LogP contribution is -2.42. The summed E-state index contributed by atoms with van der Waals surface area (Å²) < 4.78 is 7.00. The largest absolute Gasteiger partial charge is 0.494 e. The molecule has 1 amide bonds. The highest BCUT2D eigenvalue weighted by molar-refractivity contribution is 7.99. The number of hydrogen-bond acceptors (Lipinski definition) is 6. The molecule has 0 N–H and O–H groups in total. The molecule has 7 nitrogen and oxygen atoms in total. The second-order valence-corrected chi connectivity index (χ2v) is 7.25. The summed E-state index contributed by atoms with van der Waals surface area (Å²) in [6.07, 6.45) is 5.94. The fourth-order valence-corrected chi connectivity index (χ4v) is 4.23. The molecule has 140 valence electrons. The zero-order chi connectivity index (χ0) is 18.4. The number of carbonyl (C=O) groups excluding carboxylic acids is 1. The van der Waals surface area contributed by atoms with Gasteiger partial charge in [0.1, 0.15) is 11.4 Å². The van der Waals surface area contributed by atoms with E-state index in [1.54, 1.807) is 11.8 Å². The molecule has 0 unspecified atom stereocenters. The van der Waals surface area contributed by atoms with Crippen LogP contribution in [0.4, 0.5) is 0 Å². The molecule has 0 bridgehead atoms. The van der Waals surface area contributed by atoms with Gasteiger partial charge < -0.3 is 9.64 Å². The van der Waals surface area contributed by atoms with Gasteiger partial charge >= 0.3 is 0 Å². The standard InChI is InChI=1S/C18H25N5O2S/c1-3-22(14-9-5-4-6-10-14)17(24)13-26-18-19-20-21-23(18)15-11-7-8-12-16(15)25-2/h7-8,11-12,14H,3-6,9-10,13H2,1-2H3. The Labute approximate surface area is 158 Å². The Bertz CT molecular complexity index is 730. The Hall–Kier alpha value is -2.09. The molecule has 0 aliphatic heterocycles. The van der Waals surface area contributed by atoms with Crippen LogP contribution in [0.5, 0.6) is 5.75 Å². The maximum absolute atomic E-state index is 12.7. The molecule has 0 atom stereocenters. The van der Waals surface area contributed by atoms with Crippen molar-refractivity contribution < 1.29 is 9.53 Å². The van der Waals surface area contributed by atoms with E-state index in [0.717, 1.165) is 25.1 Å². The predicted octanol–water partition coefficient (Wildman–Crippen LogP) is 2.94. The van der Waals surface area contributed by atoms with Gasteiger partial charge in [-0.15, -0.1) is 5.10 Å². The number of ether oxygens (including phenoxy) is 1. The van der Waals surface area contributed by atoms with Gasteiger partial charge in [0.15, 0.2) is 0 Å². The molecule has 0 radical (unpaired) electrons. The summed E-state index contributed by atoms with van der Waals surface area (Å²) in [5, 5.41) is 12.5. The van der Waals surface area contributed by atoms with Gasteiger partial charge in [-0.05, 0) is 42.3 Å². The molecule has 1 saturated carbocycles. The Morgan fingerprint density at radius 3 is 2.81 bits per heavy atom. The highest BCUT2D eigenvalue weighted by Crippen LogP contribution is 2.27. The van der Waals surface area contributed by atoms with Gasteiger partial charge in [-0.3, -0.25) is 4.79 Å². The first-order valence-electron chi connectivity index (χ1n) is 9.08. The minimum atomic E-state index is 0.152. The molecule has 1 fully saturated rings. The average molecular weight is 375 g/mol. The number of nitrogens with zero attached hydrogens (tertiary/aromatic N) is 5. The molecule has 0 saturated heterocycles. The van der Waals surface area contributed by atoms with Crippen molar-refractivity contribution in [1.82, 2.24) is 25.1 Å². The number of rotatable bonds is 7. The van der Waals surface area contributed by atoms with Gasteiger partial charge in [0.05, 0.1) is 12.9 Å². The van der Waals surface area contributed by atoms with E-state index in [2.05, 4.69) is 22.4 Å².